The molecule has 1 aliphatic heterocycles. The first kappa shape index (κ1) is 23.1. The van der Waals surface area contributed by atoms with Crippen LogP contribution in [0.3, 0.4) is 0 Å². The molecule has 1 fully saturated rings. The highest BCUT2D eigenvalue weighted by atomic mass is 19.4. The van der Waals surface area contributed by atoms with Gasteiger partial charge in [-0.05, 0) is 43.9 Å². The molecule has 0 aliphatic carbocycles. The van der Waals surface area contributed by atoms with Crippen LogP contribution in [0.4, 0.5) is 13.2 Å². The zero-order valence-electron chi connectivity index (χ0n) is 18.9. The summed E-state index contributed by atoms with van der Waals surface area (Å²) in [6.07, 6.45) is 0.866. The summed E-state index contributed by atoms with van der Waals surface area (Å²) in [5.74, 6) is 1.01. The fraction of sp³-hybridized carbons (Fsp3) is 0.385. The van der Waals surface area contributed by atoms with Gasteiger partial charge in [-0.3, -0.25) is 4.79 Å². The number of aryl methyl sites for hydroxylation is 2. The van der Waals surface area contributed by atoms with Crippen LogP contribution in [0.5, 0.6) is 0 Å². The first-order chi connectivity index (χ1) is 15.7. The number of likely N-dealkylation sites (tertiary alicyclic amines) is 1. The van der Waals surface area contributed by atoms with Crippen LogP contribution in [0, 0.1) is 13.8 Å². The Morgan fingerprint density at radius 3 is 2.39 bits per heavy atom. The molecule has 0 N–H and O–H groups in total. The molecule has 1 amide bonds. The van der Waals surface area contributed by atoms with Gasteiger partial charge in [0.2, 0.25) is 5.91 Å². The average Bonchev–Trinajstić information content (AvgIpc) is 3.21. The van der Waals surface area contributed by atoms with Gasteiger partial charge in [-0.2, -0.15) is 13.2 Å². The number of halogens is 3. The lowest BCUT2D eigenvalue weighted by Gasteiger charge is -2.32. The van der Waals surface area contributed by atoms with E-state index >= 15 is 0 Å². The number of rotatable bonds is 5. The van der Waals surface area contributed by atoms with E-state index in [9.17, 15) is 18.0 Å². The number of alkyl halides is 3. The van der Waals surface area contributed by atoms with Crippen molar-refractivity contribution in [3.8, 4) is 0 Å². The van der Waals surface area contributed by atoms with Crippen LogP contribution >= 0.6 is 0 Å². The van der Waals surface area contributed by atoms with Crippen LogP contribution in [0.2, 0.25) is 0 Å². The molecule has 1 saturated heterocycles. The lowest BCUT2D eigenvalue weighted by Crippen LogP contribution is -2.39. The van der Waals surface area contributed by atoms with Gasteiger partial charge in [0.05, 0.1) is 12.0 Å². The third-order valence-electron chi connectivity index (χ3n) is 6.26. The summed E-state index contributed by atoms with van der Waals surface area (Å²) < 4.78 is 42.0. The van der Waals surface area contributed by atoms with Crippen molar-refractivity contribution in [1.82, 2.24) is 14.5 Å². The van der Waals surface area contributed by atoms with Gasteiger partial charge in [-0.15, -0.1) is 0 Å². The second-order valence-corrected chi connectivity index (χ2v) is 8.90. The van der Waals surface area contributed by atoms with Gasteiger partial charge < -0.3 is 9.47 Å². The Morgan fingerprint density at radius 1 is 1.06 bits per heavy atom. The van der Waals surface area contributed by atoms with Crippen molar-refractivity contribution in [3.05, 3.63) is 88.5 Å². The number of aromatic nitrogens is 2. The monoisotopic (exact) mass is 455 g/mol. The molecule has 4 nitrogen and oxygen atoms in total. The molecule has 4 rings (SSSR count). The summed E-state index contributed by atoms with van der Waals surface area (Å²) in [6.45, 7) is 5.43. The second kappa shape index (κ2) is 9.41. The van der Waals surface area contributed by atoms with E-state index in [1.54, 1.807) is 18.5 Å². The summed E-state index contributed by atoms with van der Waals surface area (Å²) in [7, 11) is 0. The van der Waals surface area contributed by atoms with Gasteiger partial charge in [0.25, 0.3) is 0 Å². The molecule has 0 radical (unpaired) electrons. The summed E-state index contributed by atoms with van der Waals surface area (Å²) in [5, 5.41) is 0. The molecule has 33 heavy (non-hydrogen) atoms. The van der Waals surface area contributed by atoms with E-state index in [2.05, 4.69) is 11.1 Å². The van der Waals surface area contributed by atoms with Crippen LogP contribution < -0.4 is 0 Å². The third kappa shape index (κ3) is 5.46. The Bertz CT molecular complexity index is 1110. The topological polar surface area (TPSA) is 38.1 Å². The highest BCUT2D eigenvalue weighted by molar-refractivity contribution is 5.79. The van der Waals surface area contributed by atoms with Crippen molar-refractivity contribution in [1.29, 1.82) is 0 Å². The smallest absolute Gasteiger partial charge is 0.342 e. The van der Waals surface area contributed by atoms with Crippen LogP contribution in [0.15, 0.2) is 54.9 Å². The summed E-state index contributed by atoms with van der Waals surface area (Å²) in [4.78, 5) is 19.2. The highest BCUT2D eigenvalue weighted by Crippen LogP contribution is 2.33. The first-order valence-corrected chi connectivity index (χ1v) is 11.2. The fourth-order valence-corrected chi connectivity index (χ4v) is 4.78. The highest BCUT2D eigenvalue weighted by Gasteiger charge is 2.33. The minimum Gasteiger partial charge on any atom is -0.342 e. The molecule has 0 unspecified atom stereocenters. The molecule has 1 aromatic heterocycles. The predicted octanol–water partition coefficient (Wildman–Crippen LogP) is 5.52. The predicted molar refractivity (Wildman–Crippen MR) is 121 cm³/mol. The molecule has 1 aliphatic rings. The van der Waals surface area contributed by atoms with E-state index in [1.165, 1.54) is 12.1 Å². The van der Waals surface area contributed by atoms with Gasteiger partial charge in [0.1, 0.15) is 5.82 Å². The SMILES string of the molecule is Cc1cc(C)cc(CC(=O)N2CCC(c3nccn3Cc3ccccc3C(F)(F)F)CC2)c1. The van der Waals surface area contributed by atoms with Crippen LogP contribution in [0.1, 0.15) is 52.4 Å². The second-order valence-electron chi connectivity index (χ2n) is 8.90. The van der Waals surface area contributed by atoms with Crippen LogP contribution in [-0.4, -0.2) is 33.4 Å². The van der Waals surface area contributed by atoms with Crippen molar-refractivity contribution in [2.24, 2.45) is 0 Å². The number of benzene rings is 2. The number of carbonyl (C=O) groups is 1. The Labute approximate surface area is 192 Å². The molecule has 0 atom stereocenters. The number of hydrogen-bond donors (Lipinski definition) is 0. The van der Waals surface area contributed by atoms with Crippen LogP contribution in [-0.2, 0) is 23.9 Å². The van der Waals surface area contributed by atoms with Gasteiger partial charge in [0, 0.05) is 37.9 Å². The number of amides is 1. The van der Waals surface area contributed by atoms with Gasteiger partial charge >= 0.3 is 6.18 Å². The zero-order chi connectivity index (χ0) is 23.6. The van der Waals surface area contributed by atoms with Gasteiger partial charge in [-0.25, -0.2) is 4.98 Å². The molecule has 0 bridgehead atoms. The molecule has 3 aromatic rings. The van der Waals surface area contributed by atoms with E-state index in [0.29, 0.717) is 19.5 Å². The lowest BCUT2D eigenvalue weighted by atomic mass is 9.95. The first-order valence-electron chi connectivity index (χ1n) is 11.2. The van der Waals surface area contributed by atoms with Crippen LogP contribution in [0.25, 0.3) is 0 Å². The van der Waals surface area contributed by atoms with E-state index < -0.39 is 11.7 Å². The molecule has 0 saturated carbocycles. The zero-order valence-corrected chi connectivity index (χ0v) is 18.9. The average molecular weight is 456 g/mol. The van der Waals surface area contributed by atoms with E-state index in [1.807, 2.05) is 35.4 Å². The molecular formula is C26H28F3N3O. The maximum absolute atomic E-state index is 13.4. The van der Waals surface area contributed by atoms with E-state index in [4.69, 9.17) is 0 Å². The van der Waals surface area contributed by atoms with Gasteiger partial charge in [0.15, 0.2) is 0 Å². The molecule has 0 spiro atoms. The molecule has 2 aromatic carbocycles. The molecule has 2 heterocycles. The van der Waals surface area contributed by atoms with E-state index in [0.717, 1.165) is 41.4 Å². The maximum atomic E-state index is 13.4. The quantitative estimate of drug-likeness (QED) is 0.508. The summed E-state index contributed by atoms with van der Waals surface area (Å²) in [5.41, 5.74) is 2.94. The number of nitrogens with zero attached hydrogens (tertiary/aromatic N) is 3. The normalized spacial score (nSPS) is 15.1. The third-order valence-corrected chi connectivity index (χ3v) is 6.26. The maximum Gasteiger partial charge on any atom is 0.416 e. The number of piperidine rings is 1. The Balaban J connectivity index is 1.41. The Hall–Kier alpha value is -3.09. The van der Waals surface area contributed by atoms with Crippen molar-refractivity contribution in [2.45, 2.75) is 51.7 Å². The van der Waals surface area contributed by atoms with Crippen molar-refractivity contribution >= 4 is 5.91 Å². The summed E-state index contributed by atoms with van der Waals surface area (Å²) >= 11 is 0. The van der Waals surface area contributed by atoms with Gasteiger partial charge in [-0.1, -0.05) is 47.5 Å². The Morgan fingerprint density at radius 2 is 1.73 bits per heavy atom. The minimum atomic E-state index is -4.39. The largest absolute Gasteiger partial charge is 0.416 e. The number of carbonyl (C=O) groups excluding carboxylic acids is 1. The molecule has 7 heteroatoms. The standard InChI is InChI=1S/C26H28F3N3O/c1-18-13-19(2)15-20(14-18)16-24(33)31-10-7-21(8-11-31)25-30-9-12-32(25)17-22-5-3-4-6-23(22)26(27,28)29/h3-6,9,12-15,21H,7-8,10-11,16-17H2,1-2H3. The lowest BCUT2D eigenvalue weighted by molar-refractivity contribution is -0.138. The number of imidazole rings is 1. The fourth-order valence-electron chi connectivity index (χ4n) is 4.78. The summed E-state index contributed by atoms with van der Waals surface area (Å²) in [6, 6.07) is 11.9. The van der Waals surface area contributed by atoms with E-state index in [-0.39, 0.29) is 23.9 Å². The van der Waals surface area contributed by atoms with Crippen molar-refractivity contribution in [3.63, 3.8) is 0 Å². The van der Waals surface area contributed by atoms with Crippen molar-refractivity contribution in [2.75, 3.05) is 13.1 Å². The minimum absolute atomic E-state index is 0.112. The Kier molecular flexibility index (Phi) is 6.58. The number of hydrogen-bond acceptors (Lipinski definition) is 2. The van der Waals surface area contributed by atoms with Crippen molar-refractivity contribution < 1.29 is 18.0 Å². The molecular weight excluding hydrogens is 427 g/mol. The molecule has 174 valence electrons.